The third kappa shape index (κ3) is 4.24. The molecule has 1 spiro atoms. The van der Waals surface area contributed by atoms with E-state index >= 15 is 0 Å². The van der Waals surface area contributed by atoms with Crippen molar-refractivity contribution in [3.8, 4) is 17.9 Å². The second-order valence-electron chi connectivity index (χ2n) is 7.25. The molecule has 0 unspecified atom stereocenters. The van der Waals surface area contributed by atoms with Crippen LogP contribution in [-0.2, 0) is 4.79 Å². The number of nitrogens with one attached hydrogen (secondary N) is 2. The van der Waals surface area contributed by atoms with E-state index in [0.717, 1.165) is 32.1 Å². The van der Waals surface area contributed by atoms with Gasteiger partial charge < -0.3 is 21.1 Å². The van der Waals surface area contributed by atoms with Crippen LogP contribution >= 0.6 is 11.8 Å². The molecule has 0 saturated heterocycles. The summed E-state index contributed by atoms with van der Waals surface area (Å²) in [4.78, 5) is 12.6. The number of para-hydroxylation sites is 2. The average Bonchev–Trinajstić information content (AvgIpc) is 2.74. The van der Waals surface area contributed by atoms with Gasteiger partial charge in [0.1, 0.15) is 11.6 Å². The van der Waals surface area contributed by atoms with Crippen LogP contribution in [0.15, 0.2) is 46.3 Å². The number of carbonyl (C=O) groups is 1. The lowest BCUT2D eigenvalue weighted by atomic mass is 9.64. The number of hydrogen-bond donors (Lipinski definition) is 3. The number of carbonyl (C=O) groups excluding carboxylic acids is 1. The van der Waals surface area contributed by atoms with Crippen molar-refractivity contribution < 1.29 is 9.53 Å². The van der Waals surface area contributed by atoms with Gasteiger partial charge in [0.25, 0.3) is 0 Å². The number of ether oxygens (including phenoxy) is 1. The van der Waals surface area contributed by atoms with Crippen molar-refractivity contribution in [1.29, 1.82) is 10.5 Å². The van der Waals surface area contributed by atoms with Crippen LogP contribution in [0.1, 0.15) is 39.0 Å². The molecule has 0 aromatic heterocycles. The third-order valence-corrected chi connectivity index (χ3v) is 6.44. The Labute approximate surface area is 181 Å². The quantitative estimate of drug-likeness (QED) is 0.636. The van der Waals surface area contributed by atoms with Gasteiger partial charge in [-0.3, -0.25) is 4.79 Å². The summed E-state index contributed by atoms with van der Waals surface area (Å²) in [7, 11) is 0. The summed E-state index contributed by atoms with van der Waals surface area (Å²) in [6, 6.07) is 11.8. The Hall–Kier alpha value is -3.10. The fraction of sp³-hybridized carbons (Fsp3) is 0.409. The number of thioether (sulfide) groups is 1. The SMILES string of the molecule is CCOc1ccccc1NC(=O)CSC1=C(C#N)C2(CCCCC2)C(C#N)=C(N)N1. The molecule has 1 aliphatic carbocycles. The van der Waals surface area contributed by atoms with Crippen LogP contribution in [0.3, 0.4) is 0 Å². The summed E-state index contributed by atoms with van der Waals surface area (Å²) in [5.41, 5.74) is 7.08. The van der Waals surface area contributed by atoms with E-state index in [9.17, 15) is 15.3 Å². The van der Waals surface area contributed by atoms with Gasteiger partial charge in [-0.15, -0.1) is 0 Å². The lowest BCUT2D eigenvalue weighted by molar-refractivity contribution is -0.113. The summed E-state index contributed by atoms with van der Waals surface area (Å²) in [5.74, 6) is 0.769. The second-order valence-corrected chi connectivity index (χ2v) is 8.24. The van der Waals surface area contributed by atoms with Crippen molar-refractivity contribution in [2.45, 2.75) is 39.0 Å². The molecule has 3 rings (SSSR count). The number of anilines is 1. The minimum Gasteiger partial charge on any atom is -0.492 e. The molecule has 8 heteroatoms. The maximum absolute atomic E-state index is 12.6. The Bertz CT molecular complexity index is 964. The van der Waals surface area contributed by atoms with Crippen molar-refractivity contribution in [1.82, 2.24) is 5.32 Å². The Morgan fingerprint density at radius 1 is 1.23 bits per heavy atom. The molecular weight excluding hydrogens is 398 g/mol. The first kappa shape index (κ1) is 21.6. The van der Waals surface area contributed by atoms with Gasteiger partial charge in [0, 0.05) is 5.41 Å². The second kappa shape index (κ2) is 9.60. The van der Waals surface area contributed by atoms with Gasteiger partial charge in [0.2, 0.25) is 5.91 Å². The molecule has 156 valence electrons. The molecule has 4 N–H and O–H groups in total. The molecule has 0 atom stereocenters. The first-order chi connectivity index (χ1) is 14.6. The average molecular weight is 424 g/mol. The fourth-order valence-electron chi connectivity index (χ4n) is 4.11. The number of nitriles is 2. The number of amides is 1. The Balaban J connectivity index is 1.78. The number of nitrogens with two attached hydrogens (primary N) is 1. The summed E-state index contributed by atoms with van der Waals surface area (Å²) in [5, 5.41) is 26.0. The maximum atomic E-state index is 12.6. The predicted octanol–water partition coefficient (Wildman–Crippen LogP) is 3.74. The number of allylic oxidation sites excluding steroid dienone is 2. The molecule has 1 amide bonds. The van der Waals surface area contributed by atoms with E-state index in [0.29, 0.717) is 34.2 Å². The summed E-state index contributed by atoms with van der Waals surface area (Å²) < 4.78 is 5.54. The van der Waals surface area contributed by atoms with Crippen LogP contribution < -0.4 is 21.1 Å². The minimum absolute atomic E-state index is 0.0964. The molecule has 30 heavy (non-hydrogen) atoms. The van der Waals surface area contributed by atoms with E-state index in [1.807, 2.05) is 19.1 Å². The standard InChI is InChI=1S/C22H25N5O2S/c1-2-29-18-9-5-4-8-17(18)26-19(28)14-30-21-16(13-24)22(10-6-3-7-11-22)15(12-23)20(25)27-21/h4-5,8-9,27H,2-3,6-7,10-11,14,25H2,1H3,(H,26,28). The van der Waals surface area contributed by atoms with Crippen LogP contribution in [0, 0.1) is 28.1 Å². The lowest BCUT2D eigenvalue weighted by Crippen LogP contribution is -2.39. The largest absolute Gasteiger partial charge is 0.492 e. The topological polar surface area (TPSA) is 124 Å². The van der Waals surface area contributed by atoms with Gasteiger partial charge in [-0.2, -0.15) is 10.5 Å². The van der Waals surface area contributed by atoms with Crippen LogP contribution in [0.25, 0.3) is 0 Å². The monoisotopic (exact) mass is 423 g/mol. The maximum Gasteiger partial charge on any atom is 0.234 e. The Morgan fingerprint density at radius 2 is 1.93 bits per heavy atom. The van der Waals surface area contributed by atoms with E-state index in [4.69, 9.17) is 10.5 Å². The molecule has 1 saturated carbocycles. The molecule has 1 aromatic rings. The van der Waals surface area contributed by atoms with Crippen molar-refractivity contribution in [2.75, 3.05) is 17.7 Å². The zero-order valence-electron chi connectivity index (χ0n) is 17.0. The first-order valence-corrected chi connectivity index (χ1v) is 11.0. The van der Waals surface area contributed by atoms with Crippen LogP contribution in [0.5, 0.6) is 5.75 Å². The summed E-state index contributed by atoms with van der Waals surface area (Å²) >= 11 is 1.23. The van der Waals surface area contributed by atoms with Gasteiger partial charge in [0.05, 0.1) is 46.4 Å². The summed E-state index contributed by atoms with van der Waals surface area (Å²) in [6.45, 7) is 2.38. The zero-order chi connectivity index (χ0) is 21.6. The van der Waals surface area contributed by atoms with Crippen molar-refractivity contribution in [3.05, 3.63) is 46.3 Å². The third-order valence-electron chi connectivity index (χ3n) is 5.44. The van der Waals surface area contributed by atoms with Crippen LogP contribution in [0.2, 0.25) is 0 Å². The van der Waals surface area contributed by atoms with E-state index in [-0.39, 0.29) is 17.5 Å². The molecule has 1 heterocycles. The van der Waals surface area contributed by atoms with Crippen molar-refractivity contribution >= 4 is 23.4 Å². The minimum atomic E-state index is -0.641. The Kier molecular flexibility index (Phi) is 6.91. The van der Waals surface area contributed by atoms with E-state index in [1.54, 1.807) is 12.1 Å². The van der Waals surface area contributed by atoms with Gasteiger partial charge in [-0.05, 0) is 31.9 Å². The molecule has 2 aliphatic rings. The normalized spacial score (nSPS) is 17.7. The molecule has 1 fully saturated rings. The van der Waals surface area contributed by atoms with Gasteiger partial charge >= 0.3 is 0 Å². The number of hydrogen-bond acceptors (Lipinski definition) is 7. The lowest BCUT2D eigenvalue weighted by Gasteiger charge is -2.40. The van der Waals surface area contributed by atoms with Gasteiger partial charge in [0.15, 0.2) is 0 Å². The molecule has 7 nitrogen and oxygen atoms in total. The highest BCUT2D eigenvalue weighted by atomic mass is 32.2. The zero-order valence-corrected chi connectivity index (χ0v) is 17.8. The highest BCUT2D eigenvalue weighted by Gasteiger charge is 2.45. The number of nitrogens with zero attached hydrogens (tertiary/aromatic N) is 2. The van der Waals surface area contributed by atoms with Gasteiger partial charge in [-0.1, -0.05) is 43.2 Å². The molecular formula is C22H25N5O2S. The van der Waals surface area contributed by atoms with E-state index < -0.39 is 5.41 Å². The number of dihydropyridines is 1. The number of rotatable bonds is 6. The van der Waals surface area contributed by atoms with Crippen molar-refractivity contribution in [2.24, 2.45) is 11.1 Å². The fourth-order valence-corrected chi connectivity index (χ4v) is 5.03. The highest BCUT2D eigenvalue weighted by Crippen LogP contribution is 2.51. The van der Waals surface area contributed by atoms with E-state index in [1.165, 1.54) is 11.8 Å². The predicted molar refractivity (Wildman–Crippen MR) is 117 cm³/mol. The Morgan fingerprint density at radius 3 is 2.60 bits per heavy atom. The smallest absolute Gasteiger partial charge is 0.234 e. The molecule has 1 aliphatic heterocycles. The van der Waals surface area contributed by atoms with Crippen molar-refractivity contribution in [3.63, 3.8) is 0 Å². The van der Waals surface area contributed by atoms with Crippen LogP contribution in [-0.4, -0.2) is 18.3 Å². The molecule has 0 bridgehead atoms. The highest BCUT2D eigenvalue weighted by molar-refractivity contribution is 8.03. The first-order valence-electron chi connectivity index (χ1n) is 10.0. The summed E-state index contributed by atoms with van der Waals surface area (Å²) in [6.07, 6.45) is 4.40. The molecule has 0 radical (unpaired) electrons. The van der Waals surface area contributed by atoms with Crippen LogP contribution in [0.4, 0.5) is 5.69 Å². The van der Waals surface area contributed by atoms with Gasteiger partial charge in [-0.25, -0.2) is 0 Å². The van der Waals surface area contributed by atoms with E-state index in [2.05, 4.69) is 22.8 Å². The molecule has 1 aromatic carbocycles. The number of benzene rings is 1.